The number of nitrogens with one attached hydrogen (secondary N) is 3. The van der Waals surface area contributed by atoms with Gasteiger partial charge in [-0.3, -0.25) is 4.79 Å². The van der Waals surface area contributed by atoms with E-state index in [-0.39, 0.29) is 5.69 Å². The second-order valence-corrected chi connectivity index (χ2v) is 11.8. The minimum absolute atomic E-state index is 0.134. The highest BCUT2D eigenvalue weighted by Gasteiger charge is 2.35. The van der Waals surface area contributed by atoms with Gasteiger partial charge in [-0.15, -0.1) is 13.2 Å². The van der Waals surface area contributed by atoms with Crippen molar-refractivity contribution >= 4 is 28.5 Å². The smallest absolute Gasteiger partial charge is 0.404 e. The number of fused-ring (bicyclic) bond motifs is 1. The number of benzene rings is 3. The van der Waals surface area contributed by atoms with Crippen LogP contribution < -0.4 is 15.4 Å². The number of likely N-dealkylation sites (tertiary alicyclic amines) is 1. The number of anilines is 1. The van der Waals surface area contributed by atoms with E-state index in [1.54, 1.807) is 11.1 Å². The highest BCUT2D eigenvalue weighted by molar-refractivity contribution is 5.99. The molecule has 5 rings (SSSR count). The van der Waals surface area contributed by atoms with Crippen LogP contribution in [-0.4, -0.2) is 66.3 Å². The fourth-order valence-corrected chi connectivity index (χ4v) is 6.00. The van der Waals surface area contributed by atoms with Crippen molar-refractivity contribution in [3.8, 4) is 5.75 Å². The number of piperidine rings is 1. The van der Waals surface area contributed by atoms with Crippen molar-refractivity contribution in [2.75, 3.05) is 32.5 Å². The summed E-state index contributed by atoms with van der Waals surface area (Å²) in [6.07, 6.45) is -1.60. The molecule has 3 N–H and O–H groups in total. The third-order valence-electron chi connectivity index (χ3n) is 8.25. The van der Waals surface area contributed by atoms with E-state index < -0.39 is 36.0 Å². The molecule has 0 aliphatic carbocycles. The van der Waals surface area contributed by atoms with Gasteiger partial charge >= 0.3 is 12.4 Å². The Kier molecular flexibility index (Phi) is 9.67. The van der Waals surface area contributed by atoms with Crippen molar-refractivity contribution in [3.63, 3.8) is 0 Å². The minimum Gasteiger partial charge on any atom is -0.404 e. The fraction of sp³-hybridized carbons (Fsp3) is 0.353. The number of alkyl halides is 3. The van der Waals surface area contributed by atoms with Gasteiger partial charge in [-0.2, -0.15) is 0 Å². The van der Waals surface area contributed by atoms with Crippen LogP contribution in [-0.2, 0) is 11.3 Å². The van der Waals surface area contributed by atoms with Crippen LogP contribution >= 0.6 is 0 Å². The lowest BCUT2D eigenvalue weighted by molar-refractivity contribution is -0.274. The maximum absolute atomic E-state index is 14.0. The van der Waals surface area contributed by atoms with Crippen molar-refractivity contribution in [2.24, 2.45) is 0 Å². The lowest BCUT2D eigenvalue weighted by Crippen LogP contribution is -2.53. The van der Waals surface area contributed by atoms with Crippen molar-refractivity contribution in [2.45, 2.75) is 50.6 Å². The van der Waals surface area contributed by atoms with E-state index in [0.29, 0.717) is 31.1 Å². The molecule has 1 aliphatic rings. The molecule has 1 saturated heterocycles. The summed E-state index contributed by atoms with van der Waals surface area (Å²) in [6.45, 7) is 3.27. The van der Waals surface area contributed by atoms with Gasteiger partial charge in [0.25, 0.3) is 0 Å². The van der Waals surface area contributed by atoms with E-state index in [0.717, 1.165) is 29.3 Å². The molecule has 3 aromatic carbocycles. The van der Waals surface area contributed by atoms with Crippen LogP contribution in [0.2, 0.25) is 0 Å². The summed E-state index contributed by atoms with van der Waals surface area (Å²) in [4.78, 5) is 34.4. The average molecular weight is 622 g/mol. The maximum atomic E-state index is 14.0. The Labute approximate surface area is 260 Å². The number of urea groups is 1. The zero-order valence-corrected chi connectivity index (χ0v) is 25.5. The van der Waals surface area contributed by atoms with Crippen LogP contribution in [0, 0.1) is 0 Å². The normalized spacial score (nSPS) is 15.6. The number of halogens is 3. The van der Waals surface area contributed by atoms with Gasteiger partial charge in [0.1, 0.15) is 6.04 Å². The summed E-state index contributed by atoms with van der Waals surface area (Å²) in [6, 6.07) is 20.4. The summed E-state index contributed by atoms with van der Waals surface area (Å²) < 4.78 is 44.1. The Morgan fingerprint density at radius 3 is 2.40 bits per heavy atom. The number of hydrogen-bond acceptors (Lipinski definition) is 4. The Morgan fingerprint density at radius 1 is 1.02 bits per heavy atom. The van der Waals surface area contributed by atoms with Crippen LogP contribution in [0.25, 0.3) is 10.9 Å². The number of H-pyrrole nitrogens is 1. The van der Waals surface area contributed by atoms with Crippen molar-refractivity contribution < 1.29 is 27.5 Å². The van der Waals surface area contributed by atoms with Crippen LogP contribution in [0.3, 0.4) is 0 Å². The van der Waals surface area contributed by atoms with Crippen LogP contribution in [0.15, 0.2) is 79.0 Å². The summed E-state index contributed by atoms with van der Waals surface area (Å²) in [5, 5.41) is 6.45. The Balaban J connectivity index is 1.40. The quantitative estimate of drug-likeness (QED) is 0.191. The van der Waals surface area contributed by atoms with Gasteiger partial charge in [0.15, 0.2) is 5.75 Å². The molecule has 8 nitrogen and oxygen atoms in total. The standard InChI is InChI=1S/C34H38F3N5O3/c1-22(27-20-38-28-12-8-7-11-26(27)28)31(40-33(44)42-17-15-25(16-18-42)24-9-5-4-6-10-24)32(43)39-29-19-23(21-41(2)3)13-14-30(29)45-34(35,36)37/h4-14,19-20,22,25,31,38H,15-18,21H2,1-3H3,(H,39,43)(H,40,44)/t22-,31-/m1/s1. The molecular formula is C34H38F3N5O3. The van der Waals surface area contributed by atoms with E-state index in [1.807, 2.05) is 68.4 Å². The summed E-state index contributed by atoms with van der Waals surface area (Å²) >= 11 is 0. The van der Waals surface area contributed by atoms with Gasteiger partial charge in [-0.1, -0.05) is 61.5 Å². The van der Waals surface area contributed by atoms with E-state index in [4.69, 9.17) is 0 Å². The first-order valence-electron chi connectivity index (χ1n) is 15.0. The molecule has 4 aromatic rings. The molecular weight excluding hydrogens is 583 g/mol. The van der Waals surface area contributed by atoms with E-state index in [2.05, 4.69) is 32.5 Å². The molecule has 1 aromatic heterocycles. The van der Waals surface area contributed by atoms with E-state index >= 15 is 0 Å². The number of para-hydroxylation sites is 1. The predicted molar refractivity (Wildman–Crippen MR) is 168 cm³/mol. The summed E-state index contributed by atoms with van der Waals surface area (Å²) in [5.41, 5.74) is 3.44. The monoisotopic (exact) mass is 621 g/mol. The zero-order valence-electron chi connectivity index (χ0n) is 25.5. The molecule has 0 radical (unpaired) electrons. The maximum Gasteiger partial charge on any atom is 0.573 e. The largest absolute Gasteiger partial charge is 0.573 e. The lowest BCUT2D eigenvalue weighted by atomic mass is 9.89. The van der Waals surface area contributed by atoms with Crippen molar-refractivity contribution in [1.29, 1.82) is 0 Å². The van der Waals surface area contributed by atoms with Crippen molar-refractivity contribution in [1.82, 2.24) is 20.1 Å². The highest BCUT2D eigenvalue weighted by atomic mass is 19.4. The third kappa shape index (κ3) is 7.96. The third-order valence-corrected chi connectivity index (χ3v) is 8.25. The molecule has 0 saturated carbocycles. The Bertz CT molecular complexity index is 1610. The number of carbonyl (C=O) groups excluding carboxylic acids is 2. The topological polar surface area (TPSA) is 89.7 Å². The SMILES string of the molecule is C[C@H](c1c[nH]c2ccccc12)[C@@H](NC(=O)N1CCC(c2ccccc2)CC1)C(=O)Nc1cc(CN(C)C)ccc1OC(F)(F)F. The highest BCUT2D eigenvalue weighted by Crippen LogP contribution is 2.34. The van der Waals surface area contributed by atoms with Gasteiger partial charge in [-0.25, -0.2) is 4.79 Å². The second kappa shape index (κ2) is 13.6. The number of amides is 3. The summed E-state index contributed by atoms with van der Waals surface area (Å²) in [5.74, 6) is -1.40. The van der Waals surface area contributed by atoms with Crippen LogP contribution in [0.1, 0.15) is 48.3 Å². The number of carbonyl (C=O) groups is 2. The van der Waals surface area contributed by atoms with E-state index in [1.165, 1.54) is 23.8 Å². The van der Waals surface area contributed by atoms with Gasteiger partial charge in [0, 0.05) is 42.7 Å². The molecule has 0 bridgehead atoms. The number of rotatable bonds is 9. The fourth-order valence-electron chi connectivity index (χ4n) is 6.00. The first kappa shape index (κ1) is 31.9. The molecule has 2 heterocycles. The second-order valence-electron chi connectivity index (χ2n) is 11.8. The minimum atomic E-state index is -4.96. The lowest BCUT2D eigenvalue weighted by Gasteiger charge is -2.34. The van der Waals surface area contributed by atoms with E-state index in [9.17, 15) is 22.8 Å². The van der Waals surface area contributed by atoms with Crippen molar-refractivity contribution in [3.05, 3.63) is 95.7 Å². The van der Waals surface area contributed by atoms with Gasteiger partial charge < -0.3 is 30.2 Å². The molecule has 0 spiro atoms. The first-order valence-corrected chi connectivity index (χ1v) is 15.0. The predicted octanol–water partition coefficient (Wildman–Crippen LogP) is 6.83. The van der Waals surface area contributed by atoms with Crippen LogP contribution in [0.5, 0.6) is 5.75 Å². The number of nitrogens with zero attached hydrogens (tertiary/aromatic N) is 2. The molecule has 238 valence electrons. The molecule has 2 atom stereocenters. The van der Waals surface area contributed by atoms with Gasteiger partial charge in [0.05, 0.1) is 5.69 Å². The molecule has 0 unspecified atom stereocenters. The number of aromatic amines is 1. The Hall–Kier alpha value is -4.51. The molecule has 1 fully saturated rings. The van der Waals surface area contributed by atoms with Gasteiger partial charge in [0.2, 0.25) is 5.91 Å². The number of hydrogen-bond donors (Lipinski definition) is 3. The molecule has 3 amide bonds. The van der Waals surface area contributed by atoms with Crippen LogP contribution in [0.4, 0.5) is 23.7 Å². The Morgan fingerprint density at radius 2 is 1.71 bits per heavy atom. The number of aromatic nitrogens is 1. The molecule has 1 aliphatic heterocycles. The average Bonchev–Trinajstić information content (AvgIpc) is 3.44. The zero-order chi connectivity index (χ0) is 32.1. The number of ether oxygens (including phenoxy) is 1. The molecule has 45 heavy (non-hydrogen) atoms. The molecule has 11 heteroatoms. The van der Waals surface area contributed by atoms with Gasteiger partial charge in [-0.05, 0) is 67.7 Å². The first-order chi connectivity index (χ1) is 21.5. The summed E-state index contributed by atoms with van der Waals surface area (Å²) in [7, 11) is 3.66.